The van der Waals surface area contributed by atoms with Crippen LogP contribution in [0.1, 0.15) is 233 Å². The van der Waals surface area contributed by atoms with Crippen molar-refractivity contribution in [3.63, 3.8) is 0 Å². The second kappa shape index (κ2) is 52.0. The van der Waals surface area contributed by atoms with Gasteiger partial charge in [0, 0.05) is 12.8 Å². The first-order chi connectivity index (χ1) is 31.5. The van der Waals surface area contributed by atoms with E-state index in [0.29, 0.717) is 6.42 Å². The molecule has 0 spiro atoms. The van der Waals surface area contributed by atoms with Gasteiger partial charge in [-0.05, 0) is 83.5 Å². The minimum Gasteiger partial charge on any atom is -0.462 e. The number of rotatable bonds is 46. The largest absolute Gasteiger partial charge is 0.462 e. The Morgan fingerprint density at radius 2 is 0.734 bits per heavy atom. The lowest BCUT2D eigenvalue weighted by Crippen LogP contribution is -2.30. The average molecular weight is 889 g/mol. The summed E-state index contributed by atoms with van der Waals surface area (Å²) >= 11 is 0. The van der Waals surface area contributed by atoms with E-state index in [1.165, 1.54) is 109 Å². The van der Waals surface area contributed by atoms with Crippen molar-refractivity contribution in [1.82, 2.24) is 0 Å². The molecule has 64 heavy (non-hydrogen) atoms. The number of unbranched alkanes of at least 4 members (excludes halogenated alkanes) is 23. The van der Waals surface area contributed by atoms with Crippen molar-refractivity contribution >= 4 is 17.9 Å². The van der Waals surface area contributed by atoms with Crippen molar-refractivity contribution in [3.05, 3.63) is 97.2 Å². The Kier molecular flexibility index (Phi) is 49.0. The lowest BCUT2D eigenvalue weighted by Gasteiger charge is -2.18. The average Bonchev–Trinajstić information content (AvgIpc) is 3.29. The zero-order valence-corrected chi connectivity index (χ0v) is 41.5. The van der Waals surface area contributed by atoms with Gasteiger partial charge in [0.1, 0.15) is 13.2 Å². The zero-order chi connectivity index (χ0) is 46.5. The number of carbonyl (C=O) groups excluding carboxylic acids is 3. The van der Waals surface area contributed by atoms with Gasteiger partial charge >= 0.3 is 17.9 Å². The second-order valence-corrected chi connectivity index (χ2v) is 17.2. The molecule has 0 aromatic heterocycles. The Bertz CT molecular complexity index is 1300. The van der Waals surface area contributed by atoms with Gasteiger partial charge in [0.05, 0.1) is 6.42 Å². The molecule has 0 heterocycles. The molecule has 0 rings (SSSR count). The van der Waals surface area contributed by atoms with E-state index in [-0.39, 0.29) is 38.0 Å². The zero-order valence-electron chi connectivity index (χ0n) is 41.5. The maximum absolute atomic E-state index is 12.8. The molecular weight excluding hydrogens is 793 g/mol. The third-order valence-corrected chi connectivity index (χ3v) is 10.9. The van der Waals surface area contributed by atoms with E-state index in [1.54, 1.807) is 6.08 Å². The van der Waals surface area contributed by atoms with Crippen molar-refractivity contribution in [3.8, 4) is 0 Å². The standard InChI is InChI=1S/C58H96O6/c1-4-7-10-13-16-19-21-23-25-27-29-31-32-34-36-39-42-45-48-51-57(60)63-54-55(53-62-56(59)50-47-44-41-38-18-15-12-9-6-3)64-58(61)52-49-46-43-40-37-35-33-30-28-26-24-22-20-17-14-11-8-5-2/h9,12,17-18,20,22,24,26-30,33,38,44,47,55H,4-8,10-11,13-16,19,21,23,25,31-32,34-37,39-43,45-46,48-54H2,1-3H3/b12-9-,20-17-,24-22-,28-26-,29-27-,33-30-,38-18-,47-44-. The van der Waals surface area contributed by atoms with Gasteiger partial charge in [-0.25, -0.2) is 0 Å². The van der Waals surface area contributed by atoms with Crippen LogP contribution in [0.5, 0.6) is 0 Å². The smallest absolute Gasteiger partial charge is 0.309 e. The van der Waals surface area contributed by atoms with Crippen LogP contribution in [0.15, 0.2) is 97.2 Å². The summed E-state index contributed by atoms with van der Waals surface area (Å²) in [5.74, 6) is -1.08. The Balaban J connectivity index is 4.41. The topological polar surface area (TPSA) is 78.9 Å². The molecule has 1 unspecified atom stereocenters. The Morgan fingerprint density at radius 1 is 0.359 bits per heavy atom. The first-order valence-electron chi connectivity index (χ1n) is 26.3. The van der Waals surface area contributed by atoms with Crippen LogP contribution in [0.2, 0.25) is 0 Å². The van der Waals surface area contributed by atoms with Crippen molar-refractivity contribution in [2.24, 2.45) is 0 Å². The van der Waals surface area contributed by atoms with Crippen LogP contribution in [0.3, 0.4) is 0 Å². The Hall–Kier alpha value is -3.67. The number of allylic oxidation sites excluding steroid dienone is 15. The van der Waals surface area contributed by atoms with Crippen LogP contribution < -0.4 is 0 Å². The fourth-order valence-corrected chi connectivity index (χ4v) is 6.98. The van der Waals surface area contributed by atoms with Gasteiger partial charge < -0.3 is 14.2 Å². The van der Waals surface area contributed by atoms with Crippen LogP contribution in [0, 0.1) is 0 Å². The van der Waals surface area contributed by atoms with E-state index < -0.39 is 12.1 Å². The first-order valence-corrected chi connectivity index (χ1v) is 26.3. The first kappa shape index (κ1) is 60.3. The molecule has 0 aliphatic carbocycles. The number of esters is 3. The molecule has 6 heteroatoms. The van der Waals surface area contributed by atoms with E-state index in [2.05, 4.69) is 106 Å². The Morgan fingerprint density at radius 3 is 1.25 bits per heavy atom. The molecule has 6 nitrogen and oxygen atoms in total. The highest BCUT2D eigenvalue weighted by Gasteiger charge is 2.19. The molecule has 0 aliphatic heterocycles. The minimum absolute atomic E-state index is 0.117. The second-order valence-electron chi connectivity index (χ2n) is 17.2. The van der Waals surface area contributed by atoms with Gasteiger partial charge in [0.25, 0.3) is 0 Å². The summed E-state index contributed by atoms with van der Waals surface area (Å²) in [7, 11) is 0. The molecule has 0 aromatic rings. The van der Waals surface area contributed by atoms with Crippen LogP contribution in [0.25, 0.3) is 0 Å². The highest BCUT2D eigenvalue weighted by Crippen LogP contribution is 2.14. The molecule has 0 radical (unpaired) electrons. The fraction of sp³-hybridized carbons (Fsp3) is 0.672. The van der Waals surface area contributed by atoms with E-state index in [1.807, 2.05) is 6.08 Å². The molecule has 1 atom stereocenters. The lowest BCUT2D eigenvalue weighted by atomic mass is 10.1. The third kappa shape index (κ3) is 49.3. The predicted molar refractivity (Wildman–Crippen MR) is 274 cm³/mol. The summed E-state index contributed by atoms with van der Waals surface area (Å²) in [6, 6.07) is 0. The van der Waals surface area contributed by atoms with E-state index in [9.17, 15) is 14.4 Å². The van der Waals surface area contributed by atoms with Crippen molar-refractivity contribution in [2.45, 2.75) is 239 Å². The number of hydrogen-bond acceptors (Lipinski definition) is 6. The lowest BCUT2D eigenvalue weighted by molar-refractivity contribution is -0.166. The summed E-state index contributed by atoms with van der Waals surface area (Å²) in [4.78, 5) is 37.8. The van der Waals surface area contributed by atoms with Gasteiger partial charge in [-0.3, -0.25) is 14.4 Å². The van der Waals surface area contributed by atoms with E-state index in [4.69, 9.17) is 14.2 Å². The fourth-order valence-electron chi connectivity index (χ4n) is 6.98. The molecular formula is C58H96O6. The molecule has 0 amide bonds. The molecule has 0 bridgehead atoms. The van der Waals surface area contributed by atoms with Gasteiger partial charge in [-0.15, -0.1) is 0 Å². The molecule has 0 aromatic carbocycles. The van der Waals surface area contributed by atoms with E-state index >= 15 is 0 Å². The van der Waals surface area contributed by atoms with Gasteiger partial charge in [-0.2, -0.15) is 0 Å². The normalized spacial score (nSPS) is 12.9. The highest BCUT2D eigenvalue weighted by atomic mass is 16.6. The van der Waals surface area contributed by atoms with Gasteiger partial charge in [0.2, 0.25) is 0 Å². The quantitative estimate of drug-likeness (QED) is 0.0199. The van der Waals surface area contributed by atoms with Crippen LogP contribution in [-0.2, 0) is 28.6 Å². The summed E-state index contributed by atoms with van der Waals surface area (Å²) in [6.45, 7) is 6.36. The highest BCUT2D eigenvalue weighted by molar-refractivity contribution is 5.72. The monoisotopic (exact) mass is 889 g/mol. The number of hydrogen-bond donors (Lipinski definition) is 0. The molecule has 0 N–H and O–H groups in total. The van der Waals surface area contributed by atoms with Crippen LogP contribution in [-0.4, -0.2) is 37.2 Å². The summed E-state index contributed by atoms with van der Waals surface area (Å²) in [5, 5.41) is 0. The molecule has 0 fully saturated rings. The minimum atomic E-state index is -0.827. The molecule has 364 valence electrons. The van der Waals surface area contributed by atoms with Crippen LogP contribution in [0.4, 0.5) is 0 Å². The SMILES string of the molecule is CC/C=C\C/C=C\C/C=C\CC(=O)OCC(COC(=O)CCCCCCCCC/C=C\CCCCCCCCCC)OC(=O)CCCCCCC\C=C/C=C\C=C/C=C\CCCCC. The molecule has 0 aliphatic rings. The van der Waals surface area contributed by atoms with Gasteiger partial charge in [-0.1, -0.05) is 227 Å². The molecule has 0 saturated carbocycles. The third-order valence-electron chi connectivity index (χ3n) is 10.9. The molecule has 0 saturated heterocycles. The summed E-state index contributed by atoms with van der Waals surface area (Å²) < 4.78 is 16.6. The van der Waals surface area contributed by atoms with Crippen molar-refractivity contribution in [1.29, 1.82) is 0 Å². The number of carbonyl (C=O) groups is 3. The van der Waals surface area contributed by atoms with Crippen molar-refractivity contribution in [2.75, 3.05) is 13.2 Å². The maximum Gasteiger partial charge on any atom is 0.309 e. The van der Waals surface area contributed by atoms with E-state index in [0.717, 1.165) is 83.5 Å². The Labute approximate surface area is 394 Å². The van der Waals surface area contributed by atoms with Gasteiger partial charge in [0.15, 0.2) is 6.10 Å². The van der Waals surface area contributed by atoms with Crippen LogP contribution >= 0.6 is 0 Å². The summed E-state index contributed by atoms with van der Waals surface area (Å²) in [6.07, 6.45) is 68.6. The maximum atomic E-state index is 12.8. The summed E-state index contributed by atoms with van der Waals surface area (Å²) in [5.41, 5.74) is 0. The van der Waals surface area contributed by atoms with Crippen molar-refractivity contribution < 1.29 is 28.6 Å². The predicted octanol–water partition coefficient (Wildman–Crippen LogP) is 17.4. The number of ether oxygens (including phenoxy) is 3.